The molecular weight excluding hydrogens is 306 g/mol. The lowest BCUT2D eigenvalue weighted by atomic mass is 10.1. The minimum atomic E-state index is -0.170. The molecule has 1 aliphatic rings. The Morgan fingerprint density at radius 2 is 2.17 bits per heavy atom. The highest BCUT2D eigenvalue weighted by atomic mass is 16.2. The van der Waals surface area contributed by atoms with E-state index >= 15 is 0 Å². The van der Waals surface area contributed by atoms with Crippen molar-refractivity contribution >= 4 is 11.9 Å². The van der Waals surface area contributed by atoms with Crippen LogP contribution in [0.3, 0.4) is 0 Å². The molecule has 0 bridgehead atoms. The third kappa shape index (κ3) is 3.29. The first kappa shape index (κ1) is 16.2. The molecule has 1 amide bonds. The van der Waals surface area contributed by atoms with Gasteiger partial charge in [0.15, 0.2) is 0 Å². The first-order valence-corrected chi connectivity index (χ1v) is 7.94. The number of nitrogens with one attached hydrogen (secondary N) is 1. The van der Waals surface area contributed by atoms with Crippen molar-refractivity contribution < 1.29 is 4.79 Å². The molecule has 0 unspecified atom stereocenters. The number of likely N-dealkylation sites (tertiary alicyclic amines) is 1. The van der Waals surface area contributed by atoms with Crippen LogP contribution in [0.5, 0.6) is 0 Å². The number of carbonyl (C=O) groups excluding carboxylic acids is 1. The highest BCUT2D eigenvalue weighted by molar-refractivity contribution is 5.94. The summed E-state index contributed by atoms with van der Waals surface area (Å²) in [5.41, 5.74) is 2.04. The monoisotopic (exact) mass is 327 g/mol. The standard InChI is InChI=1S/C17H21N5O2/c1-11-4-5-12(9-18-11)16(24)22-7-6-13(10-22)14-8-15(23)20-17(19-14)21(2)3/h4-5,8-9,13H,6-7,10H2,1-3H3,(H,19,20,23)/t13-/m1/s1. The minimum Gasteiger partial charge on any atom is -0.348 e. The number of aromatic nitrogens is 3. The number of pyridine rings is 1. The molecule has 1 saturated heterocycles. The SMILES string of the molecule is Cc1ccc(C(=O)N2CC[C@@H](c3cc(=O)[nH]c(N(C)C)n3)C2)cn1. The molecule has 1 aliphatic heterocycles. The Hall–Kier alpha value is -2.70. The van der Waals surface area contributed by atoms with E-state index in [-0.39, 0.29) is 17.4 Å². The molecule has 7 heteroatoms. The summed E-state index contributed by atoms with van der Waals surface area (Å²) in [5.74, 6) is 0.584. The van der Waals surface area contributed by atoms with Gasteiger partial charge in [-0.15, -0.1) is 0 Å². The quantitative estimate of drug-likeness (QED) is 0.915. The zero-order valence-electron chi connectivity index (χ0n) is 14.1. The van der Waals surface area contributed by atoms with E-state index in [0.29, 0.717) is 24.6 Å². The van der Waals surface area contributed by atoms with Crippen molar-refractivity contribution in [3.05, 3.63) is 51.7 Å². The lowest BCUT2D eigenvalue weighted by molar-refractivity contribution is 0.0790. The molecule has 0 aliphatic carbocycles. The lowest BCUT2D eigenvalue weighted by Crippen LogP contribution is -2.29. The van der Waals surface area contributed by atoms with Gasteiger partial charge in [0, 0.05) is 51.1 Å². The van der Waals surface area contributed by atoms with Gasteiger partial charge < -0.3 is 9.80 Å². The number of rotatable bonds is 3. The molecule has 0 aromatic carbocycles. The zero-order valence-corrected chi connectivity index (χ0v) is 14.1. The van der Waals surface area contributed by atoms with Crippen LogP contribution < -0.4 is 10.5 Å². The van der Waals surface area contributed by atoms with Gasteiger partial charge in [-0.05, 0) is 25.5 Å². The zero-order chi connectivity index (χ0) is 17.3. The summed E-state index contributed by atoms with van der Waals surface area (Å²) >= 11 is 0. The fourth-order valence-electron chi connectivity index (χ4n) is 2.85. The van der Waals surface area contributed by atoms with E-state index in [1.807, 2.05) is 27.1 Å². The molecule has 1 atom stereocenters. The second-order valence-electron chi connectivity index (χ2n) is 6.31. The molecule has 24 heavy (non-hydrogen) atoms. The van der Waals surface area contributed by atoms with Crippen molar-refractivity contribution in [3.63, 3.8) is 0 Å². The van der Waals surface area contributed by atoms with Crippen molar-refractivity contribution in [2.75, 3.05) is 32.1 Å². The highest BCUT2D eigenvalue weighted by Crippen LogP contribution is 2.26. The first-order valence-electron chi connectivity index (χ1n) is 7.94. The second-order valence-corrected chi connectivity index (χ2v) is 6.31. The van der Waals surface area contributed by atoms with Gasteiger partial charge in [-0.2, -0.15) is 0 Å². The average molecular weight is 327 g/mol. The van der Waals surface area contributed by atoms with Crippen molar-refractivity contribution in [1.82, 2.24) is 19.9 Å². The Morgan fingerprint density at radius 3 is 2.83 bits per heavy atom. The minimum absolute atomic E-state index is 0.0253. The van der Waals surface area contributed by atoms with Crippen LogP contribution in [0.1, 0.15) is 34.1 Å². The number of aromatic amines is 1. The molecular formula is C17H21N5O2. The maximum atomic E-state index is 12.6. The van der Waals surface area contributed by atoms with E-state index in [0.717, 1.165) is 17.8 Å². The molecule has 1 N–H and O–H groups in total. The molecule has 0 spiro atoms. The number of hydrogen-bond donors (Lipinski definition) is 1. The van der Waals surface area contributed by atoms with Gasteiger partial charge in [0.2, 0.25) is 5.95 Å². The van der Waals surface area contributed by atoms with Crippen molar-refractivity contribution in [1.29, 1.82) is 0 Å². The molecule has 2 aromatic heterocycles. The summed E-state index contributed by atoms with van der Waals surface area (Å²) in [7, 11) is 3.66. The second kappa shape index (κ2) is 6.43. The number of aryl methyl sites for hydroxylation is 1. The molecule has 0 saturated carbocycles. The predicted molar refractivity (Wildman–Crippen MR) is 91.4 cm³/mol. The third-order valence-electron chi connectivity index (χ3n) is 4.22. The maximum absolute atomic E-state index is 12.6. The van der Waals surface area contributed by atoms with E-state index in [2.05, 4.69) is 15.0 Å². The normalized spacial score (nSPS) is 17.1. The van der Waals surface area contributed by atoms with Gasteiger partial charge in [0.1, 0.15) is 0 Å². The number of anilines is 1. The number of amides is 1. The topological polar surface area (TPSA) is 82.2 Å². The molecule has 2 aromatic rings. The number of carbonyl (C=O) groups is 1. The maximum Gasteiger partial charge on any atom is 0.255 e. The summed E-state index contributed by atoms with van der Waals surface area (Å²) in [4.78, 5) is 39.4. The molecule has 7 nitrogen and oxygen atoms in total. The Labute approximate surface area is 140 Å². The summed E-state index contributed by atoms with van der Waals surface area (Å²) in [6, 6.07) is 5.16. The molecule has 3 heterocycles. The molecule has 1 fully saturated rings. The molecule has 126 valence electrons. The van der Waals surface area contributed by atoms with Crippen LogP contribution in [-0.2, 0) is 0 Å². The summed E-state index contributed by atoms with van der Waals surface area (Å²) in [6.45, 7) is 3.11. The Balaban J connectivity index is 1.77. The van der Waals surface area contributed by atoms with Crippen LogP contribution in [0.15, 0.2) is 29.2 Å². The fraction of sp³-hybridized carbons (Fsp3) is 0.412. The summed E-state index contributed by atoms with van der Waals surface area (Å²) in [6.07, 6.45) is 2.41. The summed E-state index contributed by atoms with van der Waals surface area (Å²) < 4.78 is 0. The first-order chi connectivity index (χ1) is 11.4. The van der Waals surface area contributed by atoms with E-state index in [1.165, 1.54) is 6.07 Å². The van der Waals surface area contributed by atoms with E-state index in [9.17, 15) is 9.59 Å². The highest BCUT2D eigenvalue weighted by Gasteiger charge is 2.29. The van der Waals surface area contributed by atoms with E-state index in [1.54, 1.807) is 22.1 Å². The Kier molecular flexibility index (Phi) is 4.33. The number of hydrogen-bond acceptors (Lipinski definition) is 5. The predicted octanol–water partition coefficient (Wildman–Crippen LogP) is 1.17. The van der Waals surface area contributed by atoms with Crippen molar-refractivity contribution in [3.8, 4) is 0 Å². The third-order valence-corrected chi connectivity index (χ3v) is 4.22. The average Bonchev–Trinajstić information content (AvgIpc) is 3.04. The van der Waals surface area contributed by atoms with Gasteiger partial charge in [0.25, 0.3) is 11.5 Å². The molecule has 3 rings (SSSR count). The van der Waals surface area contributed by atoms with Gasteiger partial charge in [-0.3, -0.25) is 19.6 Å². The largest absolute Gasteiger partial charge is 0.348 e. The Morgan fingerprint density at radius 1 is 1.38 bits per heavy atom. The fourth-order valence-corrected chi connectivity index (χ4v) is 2.85. The van der Waals surface area contributed by atoms with E-state index in [4.69, 9.17) is 0 Å². The van der Waals surface area contributed by atoms with Gasteiger partial charge in [0.05, 0.1) is 11.3 Å². The van der Waals surface area contributed by atoms with Crippen molar-refractivity contribution in [2.24, 2.45) is 0 Å². The van der Waals surface area contributed by atoms with Gasteiger partial charge >= 0.3 is 0 Å². The van der Waals surface area contributed by atoms with Gasteiger partial charge in [-0.1, -0.05) is 0 Å². The van der Waals surface area contributed by atoms with Crippen LogP contribution in [0, 0.1) is 6.92 Å². The smallest absolute Gasteiger partial charge is 0.255 e. The van der Waals surface area contributed by atoms with Crippen LogP contribution in [-0.4, -0.2) is 52.9 Å². The molecule has 0 radical (unpaired) electrons. The van der Waals surface area contributed by atoms with E-state index < -0.39 is 0 Å². The van der Waals surface area contributed by atoms with Crippen molar-refractivity contribution in [2.45, 2.75) is 19.3 Å². The number of H-pyrrole nitrogens is 1. The van der Waals surface area contributed by atoms with Crippen LogP contribution in [0.4, 0.5) is 5.95 Å². The van der Waals surface area contributed by atoms with Crippen LogP contribution in [0.2, 0.25) is 0 Å². The van der Waals surface area contributed by atoms with Crippen LogP contribution in [0.25, 0.3) is 0 Å². The lowest BCUT2D eigenvalue weighted by Gasteiger charge is -2.17. The summed E-state index contributed by atoms with van der Waals surface area (Å²) in [5, 5.41) is 0. The van der Waals surface area contributed by atoms with Gasteiger partial charge in [-0.25, -0.2) is 4.98 Å². The van der Waals surface area contributed by atoms with Crippen LogP contribution >= 0.6 is 0 Å². The Bertz CT molecular complexity index is 797. The number of nitrogens with zero attached hydrogens (tertiary/aromatic N) is 4.